The zero-order chi connectivity index (χ0) is 26.3. The molecule has 0 amide bonds. The molecule has 0 radical (unpaired) electrons. The summed E-state index contributed by atoms with van der Waals surface area (Å²) in [7, 11) is 1.64. The van der Waals surface area contributed by atoms with Crippen molar-refractivity contribution in [3.05, 3.63) is 154 Å². The van der Waals surface area contributed by atoms with Crippen molar-refractivity contribution in [3.63, 3.8) is 0 Å². The van der Waals surface area contributed by atoms with Crippen LogP contribution in [0, 0.1) is 10.1 Å². The number of nitrogens with zero attached hydrogens (tertiary/aromatic N) is 2. The number of benzene rings is 4. The average molecular weight is 505 g/mol. The normalized spacial score (nSPS) is 19.0. The lowest BCUT2D eigenvalue weighted by Crippen LogP contribution is -2.52. The van der Waals surface area contributed by atoms with E-state index < -0.39 is 6.04 Å². The molecule has 38 heavy (non-hydrogen) atoms. The third-order valence-electron chi connectivity index (χ3n) is 7.39. The first-order chi connectivity index (χ1) is 18.6. The van der Waals surface area contributed by atoms with E-state index in [-0.39, 0.29) is 16.9 Å². The molecule has 5 nitrogen and oxygen atoms in total. The summed E-state index contributed by atoms with van der Waals surface area (Å²) in [6.07, 6.45) is 4.22. The number of hydrogen-bond acceptors (Lipinski definition) is 4. The van der Waals surface area contributed by atoms with Gasteiger partial charge in [0.1, 0.15) is 11.8 Å². The van der Waals surface area contributed by atoms with Gasteiger partial charge >= 0.3 is 0 Å². The van der Waals surface area contributed by atoms with E-state index in [1.165, 1.54) is 5.56 Å². The van der Waals surface area contributed by atoms with Crippen LogP contribution in [0.5, 0.6) is 5.75 Å². The van der Waals surface area contributed by atoms with Crippen molar-refractivity contribution in [2.75, 3.05) is 12.0 Å². The highest BCUT2D eigenvalue weighted by Gasteiger charge is 2.47. The Morgan fingerprint density at radius 2 is 1.37 bits per heavy atom. The molecule has 3 atom stereocenters. The van der Waals surface area contributed by atoms with Gasteiger partial charge in [-0.3, -0.25) is 10.1 Å². The van der Waals surface area contributed by atoms with Crippen molar-refractivity contribution in [1.82, 2.24) is 0 Å². The van der Waals surface area contributed by atoms with Gasteiger partial charge in [-0.25, -0.2) is 0 Å². The Hall–Kier alpha value is -4.38. The molecule has 0 aromatic heterocycles. The second-order valence-electron chi connectivity index (χ2n) is 9.73. The predicted molar refractivity (Wildman–Crippen MR) is 152 cm³/mol. The van der Waals surface area contributed by atoms with Gasteiger partial charge in [-0.1, -0.05) is 91.0 Å². The van der Waals surface area contributed by atoms with E-state index in [9.17, 15) is 10.1 Å². The first-order valence-corrected chi connectivity index (χ1v) is 13.0. The Morgan fingerprint density at radius 1 is 0.789 bits per heavy atom. The van der Waals surface area contributed by atoms with Crippen molar-refractivity contribution in [3.8, 4) is 5.75 Å². The summed E-state index contributed by atoms with van der Waals surface area (Å²) < 4.78 is 5.38. The van der Waals surface area contributed by atoms with E-state index in [4.69, 9.17) is 4.74 Å². The number of nitro groups is 1. The van der Waals surface area contributed by atoms with Gasteiger partial charge in [-0.15, -0.1) is 0 Å². The van der Waals surface area contributed by atoms with Crippen LogP contribution in [0.4, 0.5) is 5.69 Å². The van der Waals surface area contributed by atoms with Crippen molar-refractivity contribution in [2.45, 2.75) is 37.3 Å². The monoisotopic (exact) mass is 504 g/mol. The molecular formula is C33H32N2O3. The predicted octanol–water partition coefficient (Wildman–Crippen LogP) is 7.07. The van der Waals surface area contributed by atoms with Crippen LogP contribution < -0.4 is 9.64 Å². The summed E-state index contributed by atoms with van der Waals surface area (Å²) in [6, 6.07) is 37.1. The number of methoxy groups -OCH3 is 1. The SMILES string of the molecule is COc1ccc(N2C=C(Cc3ccccc3)C(c3ccccc3)C([N+](=O)[O-])C2CCc2ccccc2)cc1. The van der Waals surface area contributed by atoms with Crippen LogP contribution in [0.1, 0.15) is 29.0 Å². The Labute approximate surface area is 224 Å². The third kappa shape index (κ3) is 5.62. The Morgan fingerprint density at radius 3 is 1.95 bits per heavy atom. The molecule has 5 rings (SSSR count). The van der Waals surface area contributed by atoms with Gasteiger partial charge in [-0.2, -0.15) is 0 Å². The van der Waals surface area contributed by atoms with E-state index >= 15 is 0 Å². The minimum atomic E-state index is -0.813. The van der Waals surface area contributed by atoms with E-state index in [0.29, 0.717) is 12.8 Å². The molecule has 0 N–H and O–H groups in total. The van der Waals surface area contributed by atoms with Crippen molar-refractivity contribution in [2.24, 2.45) is 0 Å². The Bertz CT molecular complexity index is 1360. The maximum atomic E-state index is 13.0. The first-order valence-electron chi connectivity index (χ1n) is 13.0. The molecule has 3 unspecified atom stereocenters. The van der Waals surface area contributed by atoms with Crippen molar-refractivity contribution in [1.29, 1.82) is 0 Å². The van der Waals surface area contributed by atoms with Crippen LogP contribution in [-0.4, -0.2) is 24.1 Å². The second-order valence-corrected chi connectivity index (χ2v) is 9.73. The molecule has 4 aromatic carbocycles. The van der Waals surface area contributed by atoms with Crippen LogP contribution in [0.15, 0.2) is 127 Å². The molecule has 1 aliphatic rings. The largest absolute Gasteiger partial charge is 0.497 e. The highest BCUT2D eigenvalue weighted by molar-refractivity contribution is 5.56. The Kier molecular flexibility index (Phi) is 7.84. The van der Waals surface area contributed by atoms with Crippen LogP contribution in [0.2, 0.25) is 0 Å². The summed E-state index contributed by atoms with van der Waals surface area (Å²) in [5.74, 6) is 0.426. The standard InChI is InChI=1S/C33H32N2O3/c1-38-30-20-18-29(19-21-30)34-24-28(23-26-13-7-3-8-14-26)32(27-15-9-4-10-16-27)33(35(36)37)31(34)22-17-25-11-5-2-6-12-25/h2-16,18-21,24,31-33H,17,22-23H2,1H3. The quantitative estimate of drug-likeness (QED) is 0.181. The third-order valence-corrected chi connectivity index (χ3v) is 7.39. The van der Waals surface area contributed by atoms with E-state index in [1.54, 1.807) is 7.11 Å². The summed E-state index contributed by atoms with van der Waals surface area (Å²) in [6.45, 7) is 0. The molecule has 4 aromatic rings. The molecule has 1 aliphatic heterocycles. The van der Waals surface area contributed by atoms with Crippen LogP contribution in [-0.2, 0) is 12.8 Å². The lowest BCUT2D eigenvalue weighted by molar-refractivity contribution is -0.529. The molecule has 0 bridgehead atoms. The van der Waals surface area contributed by atoms with Gasteiger partial charge in [0.05, 0.1) is 13.0 Å². The fraction of sp³-hybridized carbons (Fsp3) is 0.212. The minimum Gasteiger partial charge on any atom is -0.497 e. The second kappa shape index (κ2) is 11.8. The summed E-state index contributed by atoms with van der Waals surface area (Å²) in [5.41, 5.74) is 5.26. The zero-order valence-corrected chi connectivity index (χ0v) is 21.5. The summed E-state index contributed by atoms with van der Waals surface area (Å²) in [4.78, 5) is 15.0. The maximum absolute atomic E-state index is 13.0. The molecule has 0 saturated carbocycles. The van der Waals surface area contributed by atoms with Gasteiger partial charge in [0, 0.05) is 16.8 Å². The van der Waals surface area contributed by atoms with Gasteiger partial charge < -0.3 is 9.64 Å². The smallest absolute Gasteiger partial charge is 0.243 e. The number of anilines is 1. The van der Waals surface area contributed by atoms with E-state index in [1.807, 2.05) is 91.0 Å². The van der Waals surface area contributed by atoms with Crippen molar-refractivity contribution < 1.29 is 9.66 Å². The number of rotatable bonds is 9. The Balaban J connectivity index is 1.63. The lowest BCUT2D eigenvalue weighted by Gasteiger charge is -2.41. The maximum Gasteiger partial charge on any atom is 0.243 e. The highest BCUT2D eigenvalue weighted by atomic mass is 16.6. The minimum absolute atomic E-state index is 0.0537. The topological polar surface area (TPSA) is 55.6 Å². The fourth-order valence-electron chi connectivity index (χ4n) is 5.57. The number of hydrogen-bond donors (Lipinski definition) is 0. The molecule has 0 aliphatic carbocycles. The van der Waals surface area contributed by atoms with Gasteiger partial charge in [0.25, 0.3) is 0 Å². The molecule has 5 heteroatoms. The molecule has 192 valence electrons. The van der Waals surface area contributed by atoms with Crippen LogP contribution >= 0.6 is 0 Å². The molecule has 0 fully saturated rings. The number of ether oxygens (including phenoxy) is 1. The summed E-state index contributed by atoms with van der Waals surface area (Å²) in [5, 5.41) is 13.0. The lowest BCUT2D eigenvalue weighted by atomic mass is 9.75. The molecule has 0 spiro atoms. The molecule has 1 heterocycles. The molecule has 0 saturated heterocycles. The highest BCUT2D eigenvalue weighted by Crippen LogP contribution is 2.42. The average Bonchev–Trinajstić information content (AvgIpc) is 2.97. The summed E-state index contributed by atoms with van der Waals surface area (Å²) >= 11 is 0. The van der Waals surface area contributed by atoms with Gasteiger partial charge in [0.2, 0.25) is 6.04 Å². The van der Waals surface area contributed by atoms with Crippen LogP contribution in [0.25, 0.3) is 0 Å². The van der Waals surface area contributed by atoms with E-state index in [0.717, 1.165) is 34.6 Å². The van der Waals surface area contributed by atoms with Crippen molar-refractivity contribution >= 4 is 5.69 Å². The molecular weight excluding hydrogens is 472 g/mol. The van der Waals surface area contributed by atoms with Crippen LogP contribution in [0.3, 0.4) is 0 Å². The van der Waals surface area contributed by atoms with Gasteiger partial charge in [0.15, 0.2) is 0 Å². The van der Waals surface area contributed by atoms with E-state index in [2.05, 4.69) is 35.4 Å². The number of aryl methyl sites for hydroxylation is 1. The fourth-order valence-corrected chi connectivity index (χ4v) is 5.57. The zero-order valence-electron chi connectivity index (χ0n) is 21.5. The van der Waals surface area contributed by atoms with Gasteiger partial charge in [-0.05, 0) is 65.8 Å². The first kappa shape index (κ1) is 25.3.